The molecule has 140 valence electrons. The Kier molecular flexibility index (Phi) is 5.04. The van der Waals surface area contributed by atoms with Gasteiger partial charge in [-0.15, -0.1) is 11.3 Å². The lowest BCUT2D eigenvalue weighted by molar-refractivity contribution is 0.0529. The Bertz CT molecular complexity index is 1130. The third-order valence-electron chi connectivity index (χ3n) is 4.52. The maximum atomic E-state index is 13.4. The summed E-state index contributed by atoms with van der Waals surface area (Å²) in [5.74, 6) is -0.499. The minimum absolute atomic E-state index is 0.251. The number of nitrogens with zero attached hydrogens (tertiary/aromatic N) is 2. The Morgan fingerprint density at radius 1 is 1.07 bits per heavy atom. The smallest absolute Gasteiger partial charge is 0.339 e. The fraction of sp³-hybridized carbons (Fsp3) is 0.136. The minimum atomic E-state index is -0.499. The number of esters is 1. The van der Waals surface area contributed by atoms with Gasteiger partial charge in [-0.05, 0) is 18.1 Å². The molecule has 2 aromatic heterocycles. The second-order valence-electron chi connectivity index (χ2n) is 6.23. The van der Waals surface area contributed by atoms with Gasteiger partial charge in [0.25, 0.3) is 5.56 Å². The van der Waals surface area contributed by atoms with Gasteiger partial charge >= 0.3 is 5.97 Å². The van der Waals surface area contributed by atoms with Gasteiger partial charge in [0.15, 0.2) is 0 Å². The molecule has 0 fully saturated rings. The second-order valence-corrected chi connectivity index (χ2v) is 7.09. The van der Waals surface area contributed by atoms with Crippen LogP contribution in [-0.4, -0.2) is 22.1 Å². The number of aromatic nitrogens is 2. The molecule has 0 atom stereocenters. The standard InChI is InChI=1S/C22H18N2O3S/c1-2-27-22(26)17-13-28-20-18(17)21(25)24(14-23-20)19(15-9-5-3-6-10-15)16-11-7-4-8-12-16/h3-14,19H,2H2,1H3. The third-order valence-corrected chi connectivity index (χ3v) is 5.41. The van der Waals surface area contributed by atoms with E-state index in [-0.39, 0.29) is 23.8 Å². The Labute approximate surface area is 165 Å². The van der Waals surface area contributed by atoms with Crippen molar-refractivity contribution < 1.29 is 9.53 Å². The highest BCUT2D eigenvalue weighted by atomic mass is 32.1. The first kappa shape index (κ1) is 18.1. The number of carbonyl (C=O) groups is 1. The van der Waals surface area contributed by atoms with Gasteiger partial charge in [0.1, 0.15) is 4.83 Å². The molecule has 28 heavy (non-hydrogen) atoms. The molecule has 0 saturated heterocycles. The SMILES string of the molecule is CCOC(=O)c1csc2ncn(C(c3ccccc3)c3ccccc3)c(=O)c12. The molecule has 0 spiro atoms. The zero-order chi connectivity index (χ0) is 19.5. The lowest BCUT2D eigenvalue weighted by Gasteiger charge is -2.20. The molecule has 2 aromatic carbocycles. The summed E-state index contributed by atoms with van der Waals surface area (Å²) >= 11 is 1.27. The zero-order valence-electron chi connectivity index (χ0n) is 15.2. The maximum Gasteiger partial charge on any atom is 0.339 e. The lowest BCUT2D eigenvalue weighted by atomic mass is 9.98. The van der Waals surface area contributed by atoms with E-state index < -0.39 is 5.97 Å². The van der Waals surface area contributed by atoms with Crippen LogP contribution in [-0.2, 0) is 4.74 Å². The van der Waals surface area contributed by atoms with Gasteiger partial charge in [-0.2, -0.15) is 0 Å². The Balaban J connectivity index is 1.95. The number of hydrogen-bond acceptors (Lipinski definition) is 5. The summed E-state index contributed by atoms with van der Waals surface area (Å²) in [6.07, 6.45) is 1.56. The first-order valence-corrected chi connectivity index (χ1v) is 9.84. The van der Waals surface area contributed by atoms with E-state index in [9.17, 15) is 9.59 Å². The molecule has 2 heterocycles. The minimum Gasteiger partial charge on any atom is -0.462 e. The molecule has 6 heteroatoms. The van der Waals surface area contributed by atoms with Gasteiger partial charge in [-0.1, -0.05) is 60.7 Å². The molecule has 0 saturated carbocycles. The molecule has 4 rings (SSSR count). The van der Waals surface area contributed by atoms with E-state index in [1.54, 1.807) is 23.2 Å². The highest BCUT2D eigenvalue weighted by Crippen LogP contribution is 2.27. The van der Waals surface area contributed by atoms with Crippen LogP contribution in [0.15, 0.2) is 77.2 Å². The van der Waals surface area contributed by atoms with Crippen molar-refractivity contribution in [3.63, 3.8) is 0 Å². The number of rotatable bonds is 5. The van der Waals surface area contributed by atoms with Crippen molar-refractivity contribution in [1.29, 1.82) is 0 Å². The highest BCUT2D eigenvalue weighted by Gasteiger charge is 2.23. The van der Waals surface area contributed by atoms with E-state index in [2.05, 4.69) is 4.98 Å². The first-order valence-electron chi connectivity index (χ1n) is 8.96. The lowest BCUT2D eigenvalue weighted by Crippen LogP contribution is -2.27. The number of hydrogen-bond donors (Lipinski definition) is 0. The summed E-state index contributed by atoms with van der Waals surface area (Å²) in [5, 5.41) is 1.95. The van der Waals surface area contributed by atoms with Crippen molar-refractivity contribution in [3.8, 4) is 0 Å². The number of carbonyl (C=O) groups excluding carboxylic acids is 1. The average molecular weight is 390 g/mol. The van der Waals surface area contributed by atoms with Crippen molar-refractivity contribution in [2.45, 2.75) is 13.0 Å². The molecular weight excluding hydrogens is 372 g/mol. The first-order chi connectivity index (χ1) is 13.7. The van der Waals surface area contributed by atoms with Gasteiger partial charge in [0.05, 0.1) is 29.9 Å². The van der Waals surface area contributed by atoms with E-state index >= 15 is 0 Å². The van der Waals surface area contributed by atoms with Crippen LogP contribution >= 0.6 is 11.3 Å². The molecule has 4 aromatic rings. The number of ether oxygens (including phenoxy) is 1. The molecular formula is C22H18N2O3S. The summed E-state index contributed by atoms with van der Waals surface area (Å²) in [6, 6.07) is 19.2. The number of fused-ring (bicyclic) bond motifs is 1. The molecule has 0 aliphatic heterocycles. The van der Waals surface area contributed by atoms with E-state index in [1.165, 1.54) is 11.3 Å². The predicted molar refractivity (Wildman–Crippen MR) is 110 cm³/mol. The Morgan fingerprint density at radius 2 is 1.68 bits per heavy atom. The van der Waals surface area contributed by atoms with Crippen molar-refractivity contribution in [2.24, 2.45) is 0 Å². The van der Waals surface area contributed by atoms with Crippen molar-refractivity contribution >= 4 is 27.5 Å². The van der Waals surface area contributed by atoms with Crippen molar-refractivity contribution in [2.75, 3.05) is 6.61 Å². The highest BCUT2D eigenvalue weighted by molar-refractivity contribution is 7.17. The molecule has 0 N–H and O–H groups in total. The zero-order valence-corrected chi connectivity index (χ0v) is 16.1. The van der Waals surface area contributed by atoms with Crippen LogP contribution in [0.5, 0.6) is 0 Å². The van der Waals surface area contributed by atoms with E-state index in [4.69, 9.17) is 4.74 Å². The Hall–Kier alpha value is -3.25. The summed E-state index contributed by atoms with van der Waals surface area (Å²) < 4.78 is 6.70. The molecule has 0 aliphatic carbocycles. The fourth-order valence-corrected chi connectivity index (χ4v) is 4.14. The van der Waals surface area contributed by atoms with Crippen molar-refractivity contribution in [1.82, 2.24) is 9.55 Å². The Morgan fingerprint density at radius 3 is 2.25 bits per heavy atom. The number of thiophene rings is 1. The summed E-state index contributed by atoms with van der Waals surface area (Å²) in [5.41, 5.74) is 1.94. The van der Waals surface area contributed by atoms with Gasteiger partial charge < -0.3 is 4.74 Å². The van der Waals surface area contributed by atoms with Crippen LogP contribution in [0.4, 0.5) is 0 Å². The molecule has 0 radical (unpaired) electrons. The monoisotopic (exact) mass is 390 g/mol. The average Bonchev–Trinajstić information content (AvgIpc) is 3.17. The predicted octanol–water partition coefficient (Wildman–Crippen LogP) is 4.27. The summed E-state index contributed by atoms with van der Waals surface area (Å²) in [7, 11) is 0. The quantitative estimate of drug-likeness (QED) is 0.478. The van der Waals surface area contributed by atoms with Crippen LogP contribution in [0.2, 0.25) is 0 Å². The largest absolute Gasteiger partial charge is 0.462 e. The van der Waals surface area contributed by atoms with E-state index in [0.29, 0.717) is 10.2 Å². The van der Waals surface area contributed by atoms with Crippen LogP contribution in [0.3, 0.4) is 0 Å². The fourth-order valence-electron chi connectivity index (χ4n) is 3.27. The molecule has 0 amide bonds. The van der Waals surface area contributed by atoms with Crippen LogP contribution in [0.1, 0.15) is 34.5 Å². The van der Waals surface area contributed by atoms with Crippen LogP contribution in [0, 0.1) is 0 Å². The molecule has 0 unspecified atom stereocenters. The van der Waals surface area contributed by atoms with Gasteiger partial charge in [0, 0.05) is 5.38 Å². The van der Waals surface area contributed by atoms with Gasteiger partial charge in [-0.25, -0.2) is 9.78 Å². The summed E-state index contributed by atoms with van der Waals surface area (Å²) in [4.78, 5) is 30.7. The molecule has 5 nitrogen and oxygen atoms in total. The topological polar surface area (TPSA) is 61.2 Å². The van der Waals surface area contributed by atoms with Gasteiger partial charge in [0.2, 0.25) is 0 Å². The summed E-state index contributed by atoms with van der Waals surface area (Å²) in [6.45, 7) is 1.99. The van der Waals surface area contributed by atoms with Crippen molar-refractivity contribution in [3.05, 3.63) is 99.4 Å². The third kappa shape index (κ3) is 3.23. The molecule has 0 bridgehead atoms. The van der Waals surface area contributed by atoms with E-state index in [0.717, 1.165) is 11.1 Å². The normalized spacial score (nSPS) is 11.1. The van der Waals surface area contributed by atoms with Crippen LogP contribution in [0.25, 0.3) is 10.2 Å². The van der Waals surface area contributed by atoms with E-state index in [1.807, 2.05) is 60.7 Å². The van der Waals surface area contributed by atoms with Crippen LogP contribution < -0.4 is 5.56 Å². The molecule has 0 aliphatic rings. The maximum absolute atomic E-state index is 13.4. The number of benzene rings is 2. The van der Waals surface area contributed by atoms with Gasteiger partial charge in [-0.3, -0.25) is 9.36 Å². The second kappa shape index (κ2) is 7.78.